The van der Waals surface area contributed by atoms with Gasteiger partial charge in [0.2, 0.25) is 10.0 Å². The molecule has 3 aromatic rings. The van der Waals surface area contributed by atoms with Crippen molar-refractivity contribution >= 4 is 38.9 Å². The van der Waals surface area contributed by atoms with E-state index >= 15 is 0 Å². The number of amides is 1. The molecule has 32 heavy (non-hydrogen) atoms. The van der Waals surface area contributed by atoms with E-state index in [4.69, 9.17) is 21.1 Å². The Balaban J connectivity index is 1.63. The predicted octanol–water partition coefficient (Wildman–Crippen LogP) is 4.33. The highest BCUT2D eigenvalue weighted by molar-refractivity contribution is 7.92. The van der Waals surface area contributed by atoms with Gasteiger partial charge in [-0.2, -0.15) is 0 Å². The second-order valence-electron chi connectivity index (χ2n) is 6.96. The van der Waals surface area contributed by atoms with E-state index in [0.717, 1.165) is 11.8 Å². The molecule has 3 aromatic carbocycles. The first kappa shape index (κ1) is 23.4. The van der Waals surface area contributed by atoms with Crippen molar-refractivity contribution in [2.24, 2.45) is 0 Å². The van der Waals surface area contributed by atoms with E-state index in [1.807, 2.05) is 0 Å². The van der Waals surface area contributed by atoms with Crippen molar-refractivity contribution in [2.75, 3.05) is 29.6 Å². The molecular formula is C23H23ClN2O5S. The Morgan fingerprint density at radius 2 is 1.69 bits per heavy atom. The van der Waals surface area contributed by atoms with Gasteiger partial charge in [0.05, 0.1) is 25.6 Å². The third kappa shape index (κ3) is 6.63. The second-order valence-corrected chi connectivity index (χ2v) is 9.30. The lowest BCUT2D eigenvalue weighted by molar-refractivity contribution is -0.118. The number of rotatable bonds is 9. The zero-order valence-corrected chi connectivity index (χ0v) is 19.2. The Bertz CT molecular complexity index is 1170. The Labute approximate surface area is 192 Å². The topological polar surface area (TPSA) is 84.9 Å². The summed E-state index contributed by atoms with van der Waals surface area (Å²) in [6.07, 6.45) is 1.15. The number of ether oxygens (including phenoxy) is 2. The molecule has 0 heterocycles. The number of benzene rings is 3. The molecule has 0 saturated carbocycles. The Kier molecular flexibility index (Phi) is 7.61. The average molecular weight is 475 g/mol. The summed E-state index contributed by atoms with van der Waals surface area (Å²) < 4.78 is 36.6. The quantitative estimate of drug-likeness (QED) is 0.499. The Morgan fingerprint density at radius 3 is 2.31 bits per heavy atom. The molecule has 168 valence electrons. The van der Waals surface area contributed by atoms with Crippen LogP contribution in [0.1, 0.15) is 5.56 Å². The lowest BCUT2D eigenvalue weighted by Crippen LogP contribution is -2.29. The number of sulfonamides is 1. The number of hydrogen-bond acceptors (Lipinski definition) is 5. The van der Waals surface area contributed by atoms with Crippen molar-refractivity contribution in [1.82, 2.24) is 0 Å². The fraction of sp³-hybridized carbons (Fsp3) is 0.174. The van der Waals surface area contributed by atoms with Crippen LogP contribution in [0.15, 0.2) is 72.8 Å². The predicted molar refractivity (Wildman–Crippen MR) is 126 cm³/mol. The first-order chi connectivity index (χ1) is 15.2. The number of carbonyl (C=O) groups is 1. The first-order valence-electron chi connectivity index (χ1n) is 9.63. The number of methoxy groups -OCH3 is 1. The molecule has 9 heteroatoms. The lowest BCUT2D eigenvalue weighted by atomic mass is 10.2. The fourth-order valence-electron chi connectivity index (χ4n) is 2.91. The fourth-order valence-corrected chi connectivity index (χ4v) is 3.93. The van der Waals surface area contributed by atoms with Crippen LogP contribution in [0, 0.1) is 0 Å². The molecule has 1 N–H and O–H groups in total. The molecule has 0 aliphatic carbocycles. The molecule has 0 fully saturated rings. The highest BCUT2D eigenvalue weighted by Crippen LogP contribution is 2.24. The van der Waals surface area contributed by atoms with Gasteiger partial charge < -0.3 is 14.8 Å². The van der Waals surface area contributed by atoms with Gasteiger partial charge in [0.15, 0.2) is 6.61 Å². The zero-order valence-electron chi connectivity index (χ0n) is 17.6. The van der Waals surface area contributed by atoms with Gasteiger partial charge in [-0.05, 0) is 54.1 Å². The van der Waals surface area contributed by atoms with E-state index in [1.165, 1.54) is 4.31 Å². The SMILES string of the molecule is COc1cccc(NC(=O)COc2ccc(N(Cc3ccc(Cl)cc3)S(C)(=O)=O)cc2)c1. The summed E-state index contributed by atoms with van der Waals surface area (Å²) in [5.74, 6) is 0.741. The van der Waals surface area contributed by atoms with E-state index in [9.17, 15) is 13.2 Å². The maximum Gasteiger partial charge on any atom is 0.262 e. The number of anilines is 2. The second kappa shape index (κ2) is 10.4. The molecule has 0 bridgehead atoms. The van der Waals surface area contributed by atoms with Crippen molar-refractivity contribution in [3.05, 3.63) is 83.4 Å². The standard InChI is InChI=1S/C23H23ClN2O5S/c1-30-22-5-3-4-19(14-22)25-23(27)16-31-21-12-10-20(11-13-21)26(32(2,28)29)15-17-6-8-18(24)9-7-17/h3-14H,15-16H2,1-2H3,(H,25,27). The first-order valence-corrected chi connectivity index (χ1v) is 11.9. The normalized spacial score (nSPS) is 11.0. The maximum absolute atomic E-state index is 12.3. The van der Waals surface area contributed by atoms with Gasteiger partial charge in [-0.3, -0.25) is 9.10 Å². The van der Waals surface area contributed by atoms with Crippen molar-refractivity contribution in [2.45, 2.75) is 6.54 Å². The van der Waals surface area contributed by atoms with E-state index in [1.54, 1.807) is 79.9 Å². The van der Waals surface area contributed by atoms with Crippen LogP contribution in [0.5, 0.6) is 11.5 Å². The molecular weight excluding hydrogens is 452 g/mol. The largest absolute Gasteiger partial charge is 0.497 e. The average Bonchev–Trinajstić information content (AvgIpc) is 2.77. The molecule has 0 saturated heterocycles. The smallest absolute Gasteiger partial charge is 0.262 e. The Morgan fingerprint density at radius 1 is 1.00 bits per heavy atom. The van der Waals surface area contributed by atoms with Gasteiger partial charge in [-0.15, -0.1) is 0 Å². The van der Waals surface area contributed by atoms with Crippen LogP contribution in [0.4, 0.5) is 11.4 Å². The minimum Gasteiger partial charge on any atom is -0.497 e. The van der Waals surface area contributed by atoms with Gasteiger partial charge >= 0.3 is 0 Å². The van der Waals surface area contributed by atoms with Crippen LogP contribution in [0.25, 0.3) is 0 Å². The third-order valence-electron chi connectivity index (χ3n) is 4.49. The minimum absolute atomic E-state index is 0.166. The number of nitrogens with zero attached hydrogens (tertiary/aromatic N) is 1. The van der Waals surface area contributed by atoms with Crippen LogP contribution in [-0.2, 0) is 21.4 Å². The molecule has 0 atom stereocenters. The van der Waals surface area contributed by atoms with Gasteiger partial charge in [-0.1, -0.05) is 29.8 Å². The van der Waals surface area contributed by atoms with Crippen molar-refractivity contribution in [3.8, 4) is 11.5 Å². The van der Waals surface area contributed by atoms with E-state index < -0.39 is 10.0 Å². The van der Waals surface area contributed by atoms with Gasteiger partial charge in [-0.25, -0.2) is 8.42 Å². The van der Waals surface area contributed by atoms with Gasteiger partial charge in [0.1, 0.15) is 11.5 Å². The summed E-state index contributed by atoms with van der Waals surface area (Å²) in [4.78, 5) is 12.1. The molecule has 1 amide bonds. The highest BCUT2D eigenvalue weighted by Gasteiger charge is 2.18. The third-order valence-corrected chi connectivity index (χ3v) is 5.88. The number of halogens is 1. The van der Waals surface area contributed by atoms with Gasteiger partial charge in [0, 0.05) is 16.8 Å². The van der Waals surface area contributed by atoms with Crippen molar-refractivity contribution in [1.29, 1.82) is 0 Å². The highest BCUT2D eigenvalue weighted by atomic mass is 35.5. The summed E-state index contributed by atoms with van der Waals surface area (Å²) >= 11 is 5.90. The van der Waals surface area contributed by atoms with Crippen molar-refractivity contribution in [3.63, 3.8) is 0 Å². The van der Waals surface area contributed by atoms with Crippen LogP contribution in [0.2, 0.25) is 5.02 Å². The van der Waals surface area contributed by atoms with E-state index in [0.29, 0.717) is 27.9 Å². The molecule has 0 spiro atoms. The molecule has 3 rings (SSSR count). The summed E-state index contributed by atoms with van der Waals surface area (Å²) in [6, 6.07) is 20.5. The van der Waals surface area contributed by atoms with Crippen LogP contribution in [0.3, 0.4) is 0 Å². The van der Waals surface area contributed by atoms with E-state index in [-0.39, 0.29) is 19.1 Å². The summed E-state index contributed by atoms with van der Waals surface area (Å²) in [6.45, 7) is -0.0315. The number of carbonyl (C=O) groups excluding carboxylic acids is 1. The minimum atomic E-state index is -3.52. The summed E-state index contributed by atoms with van der Waals surface area (Å²) in [5, 5.41) is 3.31. The molecule has 0 aliphatic rings. The van der Waals surface area contributed by atoms with Crippen LogP contribution >= 0.6 is 11.6 Å². The summed E-state index contributed by atoms with van der Waals surface area (Å²) in [7, 11) is -1.97. The zero-order chi connectivity index (χ0) is 23.1. The monoisotopic (exact) mass is 474 g/mol. The molecule has 0 aliphatic heterocycles. The summed E-state index contributed by atoms with van der Waals surface area (Å²) in [5.41, 5.74) is 1.88. The maximum atomic E-state index is 12.3. The molecule has 7 nitrogen and oxygen atoms in total. The van der Waals surface area contributed by atoms with Crippen LogP contribution in [-0.4, -0.2) is 34.3 Å². The van der Waals surface area contributed by atoms with E-state index in [2.05, 4.69) is 5.32 Å². The molecule has 0 aromatic heterocycles. The number of nitrogens with one attached hydrogen (secondary N) is 1. The number of hydrogen-bond donors (Lipinski definition) is 1. The molecule has 0 radical (unpaired) electrons. The van der Waals surface area contributed by atoms with Crippen molar-refractivity contribution < 1.29 is 22.7 Å². The van der Waals surface area contributed by atoms with Gasteiger partial charge in [0.25, 0.3) is 5.91 Å². The lowest BCUT2D eigenvalue weighted by Gasteiger charge is -2.23. The molecule has 0 unspecified atom stereocenters. The Hall–Kier alpha value is -3.23. The van der Waals surface area contributed by atoms with Crippen LogP contribution < -0.4 is 19.1 Å².